The van der Waals surface area contributed by atoms with Crippen molar-refractivity contribution in [3.63, 3.8) is 0 Å². The Kier molecular flexibility index (Phi) is 5.69. The van der Waals surface area contributed by atoms with E-state index >= 15 is 0 Å². The van der Waals surface area contributed by atoms with Crippen molar-refractivity contribution in [1.82, 2.24) is 20.1 Å². The van der Waals surface area contributed by atoms with Crippen LogP contribution in [0.15, 0.2) is 59.4 Å². The Bertz CT molecular complexity index is 1350. The van der Waals surface area contributed by atoms with E-state index in [1.54, 1.807) is 4.68 Å². The summed E-state index contributed by atoms with van der Waals surface area (Å²) in [7, 11) is 1.86. The van der Waals surface area contributed by atoms with Crippen LogP contribution in [0.5, 0.6) is 0 Å². The predicted molar refractivity (Wildman–Crippen MR) is 127 cm³/mol. The standard InChI is InChI=1S/C26H26N4O3/c1-30-24-22(20-9-5-6-10-21(20)25(31)28-24)23(29-30)19-13-11-17(12-14-19)15-27-26(32)33-16-18-7-3-2-4-8-18/h2-4,7-8,11-14H,5-6,9-10,15-16H2,1H3,(H,27,32)(H,28,31). The number of carbonyl (C=O) groups excluding carboxylic acids is 1. The first-order chi connectivity index (χ1) is 16.1. The second-order valence-corrected chi connectivity index (χ2v) is 8.43. The Morgan fingerprint density at radius 1 is 1.03 bits per heavy atom. The first-order valence-corrected chi connectivity index (χ1v) is 11.2. The van der Waals surface area contributed by atoms with Gasteiger partial charge in [0.2, 0.25) is 0 Å². The van der Waals surface area contributed by atoms with E-state index < -0.39 is 6.09 Å². The molecule has 2 aromatic heterocycles. The zero-order chi connectivity index (χ0) is 22.8. The molecule has 0 spiro atoms. The van der Waals surface area contributed by atoms with Gasteiger partial charge in [0.25, 0.3) is 5.56 Å². The fourth-order valence-corrected chi connectivity index (χ4v) is 4.50. The van der Waals surface area contributed by atoms with Crippen molar-refractivity contribution in [2.75, 3.05) is 0 Å². The van der Waals surface area contributed by atoms with Crippen LogP contribution in [0, 0.1) is 0 Å². The van der Waals surface area contributed by atoms with Gasteiger partial charge in [0.15, 0.2) is 0 Å². The Morgan fingerprint density at radius 3 is 2.52 bits per heavy atom. The molecule has 2 heterocycles. The van der Waals surface area contributed by atoms with Gasteiger partial charge in [0.1, 0.15) is 17.9 Å². The van der Waals surface area contributed by atoms with Gasteiger partial charge in [-0.25, -0.2) is 4.79 Å². The van der Waals surface area contributed by atoms with E-state index in [2.05, 4.69) is 10.3 Å². The number of pyridine rings is 1. The third-order valence-electron chi connectivity index (χ3n) is 6.20. The summed E-state index contributed by atoms with van der Waals surface area (Å²) in [5, 5.41) is 8.56. The van der Waals surface area contributed by atoms with Gasteiger partial charge >= 0.3 is 6.09 Å². The summed E-state index contributed by atoms with van der Waals surface area (Å²) in [4.78, 5) is 27.6. The number of ether oxygens (including phenoxy) is 1. The highest BCUT2D eigenvalue weighted by molar-refractivity contribution is 5.94. The highest BCUT2D eigenvalue weighted by Gasteiger charge is 2.22. The Hall–Kier alpha value is -3.87. The molecule has 0 radical (unpaired) electrons. The number of H-pyrrole nitrogens is 1. The molecule has 0 aliphatic heterocycles. The highest BCUT2D eigenvalue weighted by atomic mass is 16.5. The van der Waals surface area contributed by atoms with Crippen LogP contribution in [0.4, 0.5) is 4.79 Å². The summed E-state index contributed by atoms with van der Waals surface area (Å²) in [6, 6.07) is 17.6. The third-order valence-corrected chi connectivity index (χ3v) is 6.20. The van der Waals surface area contributed by atoms with Crippen LogP contribution in [0.2, 0.25) is 0 Å². The number of benzene rings is 2. The van der Waals surface area contributed by atoms with Crippen molar-refractivity contribution >= 4 is 17.1 Å². The maximum absolute atomic E-state index is 12.5. The van der Waals surface area contributed by atoms with E-state index in [1.807, 2.05) is 61.6 Å². The molecule has 7 nitrogen and oxygen atoms in total. The van der Waals surface area contributed by atoms with Gasteiger partial charge in [-0.1, -0.05) is 54.6 Å². The molecule has 168 valence electrons. The lowest BCUT2D eigenvalue weighted by Gasteiger charge is -2.16. The predicted octanol–water partition coefficient (Wildman–Crippen LogP) is 4.23. The van der Waals surface area contributed by atoms with Gasteiger partial charge in [-0.15, -0.1) is 0 Å². The van der Waals surface area contributed by atoms with Gasteiger partial charge in [-0.05, 0) is 42.4 Å². The van der Waals surface area contributed by atoms with Crippen molar-refractivity contribution in [1.29, 1.82) is 0 Å². The molecular weight excluding hydrogens is 416 g/mol. The van der Waals surface area contributed by atoms with Gasteiger partial charge < -0.3 is 15.0 Å². The SMILES string of the molecule is Cn1nc(-c2ccc(CNC(=O)OCc3ccccc3)cc2)c2c3c(c(=O)[nH]c21)CCCC3. The average molecular weight is 443 g/mol. The fourth-order valence-electron chi connectivity index (χ4n) is 4.50. The summed E-state index contributed by atoms with van der Waals surface area (Å²) in [6.45, 7) is 0.615. The van der Waals surface area contributed by atoms with Crippen molar-refractivity contribution in [2.24, 2.45) is 7.05 Å². The zero-order valence-electron chi connectivity index (χ0n) is 18.6. The van der Waals surface area contributed by atoms with E-state index in [0.717, 1.165) is 70.2 Å². The molecule has 0 saturated carbocycles. The highest BCUT2D eigenvalue weighted by Crippen LogP contribution is 2.33. The molecule has 33 heavy (non-hydrogen) atoms. The molecule has 0 fully saturated rings. The lowest BCUT2D eigenvalue weighted by Crippen LogP contribution is -2.23. The second kappa shape index (κ2) is 8.94. The number of carbonyl (C=O) groups is 1. The van der Waals surface area contributed by atoms with Crippen molar-refractivity contribution in [3.8, 4) is 11.3 Å². The number of aromatic amines is 1. The maximum Gasteiger partial charge on any atom is 0.407 e. The van der Waals surface area contributed by atoms with Crippen molar-refractivity contribution < 1.29 is 9.53 Å². The number of fused-ring (bicyclic) bond motifs is 3. The Labute approximate surface area is 191 Å². The average Bonchev–Trinajstić information content (AvgIpc) is 3.19. The molecule has 4 aromatic rings. The topological polar surface area (TPSA) is 89.0 Å². The number of aromatic nitrogens is 3. The monoisotopic (exact) mass is 442 g/mol. The quantitative estimate of drug-likeness (QED) is 0.484. The number of aryl methyl sites for hydroxylation is 2. The molecule has 0 bridgehead atoms. The van der Waals surface area contributed by atoms with Gasteiger partial charge in [-0.2, -0.15) is 5.10 Å². The van der Waals surface area contributed by atoms with Gasteiger partial charge in [-0.3, -0.25) is 9.48 Å². The number of alkyl carbamates (subject to hydrolysis) is 1. The van der Waals surface area contributed by atoms with Crippen LogP contribution in [0.3, 0.4) is 0 Å². The van der Waals surface area contributed by atoms with Crippen LogP contribution in [-0.4, -0.2) is 20.9 Å². The van der Waals surface area contributed by atoms with Crippen molar-refractivity contribution in [2.45, 2.75) is 38.8 Å². The van der Waals surface area contributed by atoms with Crippen LogP contribution in [-0.2, 0) is 37.8 Å². The smallest absolute Gasteiger partial charge is 0.407 e. The van der Waals surface area contributed by atoms with Gasteiger partial charge in [0, 0.05) is 30.1 Å². The molecule has 5 rings (SSSR count). The molecule has 0 saturated heterocycles. The summed E-state index contributed by atoms with van der Waals surface area (Å²) in [6.07, 6.45) is 3.41. The van der Waals surface area contributed by atoms with E-state index in [4.69, 9.17) is 9.84 Å². The van der Waals surface area contributed by atoms with E-state index in [9.17, 15) is 9.59 Å². The Morgan fingerprint density at radius 2 is 1.76 bits per heavy atom. The number of nitrogens with zero attached hydrogens (tertiary/aromatic N) is 2. The second-order valence-electron chi connectivity index (χ2n) is 8.43. The molecule has 7 heteroatoms. The van der Waals surface area contributed by atoms with E-state index in [1.165, 1.54) is 0 Å². The number of hydrogen-bond acceptors (Lipinski definition) is 4. The number of hydrogen-bond donors (Lipinski definition) is 2. The number of nitrogens with one attached hydrogen (secondary N) is 2. The molecule has 1 aliphatic carbocycles. The first-order valence-electron chi connectivity index (χ1n) is 11.2. The summed E-state index contributed by atoms with van der Waals surface area (Å²) < 4.78 is 7.01. The molecule has 2 N–H and O–H groups in total. The van der Waals surface area contributed by atoms with Crippen LogP contribution in [0.1, 0.15) is 35.1 Å². The molecule has 1 aliphatic rings. The normalized spacial score (nSPS) is 13.0. The van der Waals surface area contributed by atoms with Crippen LogP contribution < -0.4 is 10.9 Å². The number of rotatable bonds is 5. The maximum atomic E-state index is 12.5. The van der Waals surface area contributed by atoms with Crippen molar-refractivity contribution in [3.05, 3.63) is 87.2 Å². The minimum atomic E-state index is -0.450. The van der Waals surface area contributed by atoms with Gasteiger partial charge in [0.05, 0.1) is 0 Å². The first kappa shape index (κ1) is 21.0. The largest absolute Gasteiger partial charge is 0.445 e. The van der Waals surface area contributed by atoms with E-state index in [0.29, 0.717) is 6.54 Å². The third kappa shape index (κ3) is 4.26. The molecule has 2 aromatic carbocycles. The fraction of sp³-hybridized carbons (Fsp3) is 0.269. The molecule has 1 amide bonds. The minimum absolute atomic E-state index is 0.00678. The van der Waals surface area contributed by atoms with E-state index in [-0.39, 0.29) is 12.2 Å². The lowest BCUT2D eigenvalue weighted by molar-refractivity contribution is 0.139. The Balaban J connectivity index is 1.32. The number of amides is 1. The van der Waals surface area contributed by atoms with Crippen LogP contribution >= 0.6 is 0 Å². The summed E-state index contributed by atoms with van der Waals surface area (Å²) in [5.41, 5.74) is 6.58. The summed E-state index contributed by atoms with van der Waals surface area (Å²) in [5.74, 6) is 0. The molecule has 0 unspecified atom stereocenters. The van der Waals surface area contributed by atoms with Crippen LogP contribution in [0.25, 0.3) is 22.3 Å². The molecule has 0 atom stereocenters. The lowest BCUT2D eigenvalue weighted by atomic mass is 9.89. The minimum Gasteiger partial charge on any atom is -0.445 e. The molecular formula is C26H26N4O3. The zero-order valence-corrected chi connectivity index (χ0v) is 18.6. The summed E-state index contributed by atoms with van der Waals surface area (Å²) >= 11 is 0.